The highest BCUT2D eigenvalue weighted by atomic mass is 14.7. The number of allylic oxidation sites excluding steroid dienone is 4. The first-order chi connectivity index (χ1) is 21.6. The number of aromatic nitrogens is 2. The van der Waals surface area contributed by atoms with Gasteiger partial charge in [0.25, 0.3) is 0 Å². The lowest BCUT2D eigenvalue weighted by molar-refractivity contribution is 0.637. The van der Waals surface area contributed by atoms with Crippen LogP contribution in [0, 0.1) is 5.92 Å². The zero-order valence-electron chi connectivity index (χ0n) is 24.9. The predicted molar refractivity (Wildman–Crippen MR) is 186 cm³/mol. The summed E-state index contributed by atoms with van der Waals surface area (Å²) in [6.07, 6.45) is 12.7. The summed E-state index contributed by atoms with van der Waals surface area (Å²) in [6, 6.07) is 39.7. The minimum Gasteiger partial charge on any atom is -0.263 e. The van der Waals surface area contributed by atoms with Crippen molar-refractivity contribution in [2.45, 2.75) is 19.8 Å². The second-order valence-corrected chi connectivity index (χ2v) is 12.0. The third kappa shape index (κ3) is 4.51. The molecule has 2 heteroatoms. The summed E-state index contributed by atoms with van der Waals surface area (Å²) in [5.41, 5.74) is 9.47. The van der Waals surface area contributed by atoms with Crippen LogP contribution in [0.25, 0.3) is 65.8 Å². The molecule has 0 spiro atoms. The highest BCUT2D eigenvalue weighted by Gasteiger charge is 2.24. The SMILES string of the molecule is CC1=CC(C)C(c2c3ccccc3c(-c3ccc4ccc(-c5cncc(-c6ccccn6)c5)cc4c3)c3ccccc23)C=C1. The number of pyridine rings is 2. The highest BCUT2D eigenvalue weighted by Crippen LogP contribution is 2.45. The molecular weight excluding hydrogens is 532 g/mol. The fourth-order valence-corrected chi connectivity index (χ4v) is 7.05. The molecule has 0 N–H and O–H groups in total. The van der Waals surface area contributed by atoms with E-state index in [0.29, 0.717) is 11.8 Å². The molecule has 2 aromatic heterocycles. The van der Waals surface area contributed by atoms with Crippen LogP contribution in [0.3, 0.4) is 0 Å². The van der Waals surface area contributed by atoms with Gasteiger partial charge in [-0.25, -0.2) is 0 Å². The van der Waals surface area contributed by atoms with Crippen LogP contribution in [-0.4, -0.2) is 9.97 Å². The van der Waals surface area contributed by atoms with Crippen LogP contribution in [0.15, 0.2) is 152 Å². The van der Waals surface area contributed by atoms with E-state index in [2.05, 4.69) is 133 Å². The molecule has 0 fully saturated rings. The predicted octanol–water partition coefficient (Wildman–Crippen LogP) is 11.2. The Morgan fingerprint density at radius 2 is 1.25 bits per heavy atom. The van der Waals surface area contributed by atoms with Crippen molar-refractivity contribution in [2.24, 2.45) is 5.92 Å². The number of nitrogens with zero attached hydrogens (tertiary/aromatic N) is 2. The third-order valence-corrected chi connectivity index (χ3v) is 9.13. The van der Waals surface area contributed by atoms with Crippen LogP contribution in [-0.2, 0) is 0 Å². The molecule has 0 amide bonds. The molecule has 1 aliphatic carbocycles. The highest BCUT2D eigenvalue weighted by molar-refractivity contribution is 6.16. The molecule has 1 aliphatic rings. The summed E-state index contributed by atoms with van der Waals surface area (Å²) < 4.78 is 0. The van der Waals surface area contributed by atoms with Crippen LogP contribution in [0.5, 0.6) is 0 Å². The second-order valence-electron chi connectivity index (χ2n) is 12.0. The van der Waals surface area contributed by atoms with Crippen molar-refractivity contribution in [3.8, 4) is 33.5 Å². The van der Waals surface area contributed by atoms with Crippen molar-refractivity contribution < 1.29 is 0 Å². The zero-order chi connectivity index (χ0) is 29.6. The quantitative estimate of drug-likeness (QED) is 0.199. The average molecular weight is 565 g/mol. The van der Waals surface area contributed by atoms with Gasteiger partial charge < -0.3 is 0 Å². The first-order valence-corrected chi connectivity index (χ1v) is 15.3. The van der Waals surface area contributed by atoms with Gasteiger partial charge in [0.15, 0.2) is 0 Å². The van der Waals surface area contributed by atoms with Gasteiger partial charge >= 0.3 is 0 Å². The number of fused-ring (bicyclic) bond motifs is 3. The maximum atomic E-state index is 4.56. The lowest BCUT2D eigenvalue weighted by Crippen LogP contribution is -2.10. The Kier molecular flexibility index (Phi) is 6.42. The first kappa shape index (κ1) is 26.3. The van der Waals surface area contributed by atoms with Gasteiger partial charge in [-0.2, -0.15) is 0 Å². The number of rotatable bonds is 4. The topological polar surface area (TPSA) is 25.8 Å². The van der Waals surface area contributed by atoms with Gasteiger partial charge in [0.1, 0.15) is 0 Å². The van der Waals surface area contributed by atoms with Gasteiger partial charge in [0.2, 0.25) is 0 Å². The second kappa shape index (κ2) is 10.7. The van der Waals surface area contributed by atoms with Gasteiger partial charge in [-0.3, -0.25) is 9.97 Å². The minimum absolute atomic E-state index is 0.331. The van der Waals surface area contributed by atoms with Gasteiger partial charge in [0.05, 0.1) is 5.69 Å². The monoisotopic (exact) mass is 564 g/mol. The number of benzene rings is 5. The Morgan fingerprint density at radius 1 is 0.591 bits per heavy atom. The zero-order valence-corrected chi connectivity index (χ0v) is 24.9. The largest absolute Gasteiger partial charge is 0.263 e. The van der Waals surface area contributed by atoms with E-state index in [9.17, 15) is 0 Å². The maximum Gasteiger partial charge on any atom is 0.0717 e. The lowest BCUT2D eigenvalue weighted by atomic mass is 9.77. The van der Waals surface area contributed by atoms with E-state index < -0.39 is 0 Å². The minimum atomic E-state index is 0.331. The van der Waals surface area contributed by atoms with Crippen molar-refractivity contribution in [3.05, 3.63) is 157 Å². The van der Waals surface area contributed by atoms with E-state index in [1.165, 1.54) is 54.6 Å². The molecule has 44 heavy (non-hydrogen) atoms. The Balaban J connectivity index is 1.31. The fourth-order valence-electron chi connectivity index (χ4n) is 7.05. The molecule has 5 aromatic carbocycles. The summed E-state index contributed by atoms with van der Waals surface area (Å²) in [6.45, 7) is 4.54. The Labute approximate surface area is 258 Å². The van der Waals surface area contributed by atoms with Crippen LogP contribution >= 0.6 is 0 Å². The molecule has 2 nitrogen and oxygen atoms in total. The first-order valence-electron chi connectivity index (χ1n) is 15.3. The smallest absolute Gasteiger partial charge is 0.0717 e. The van der Waals surface area contributed by atoms with Crippen molar-refractivity contribution >= 4 is 32.3 Å². The summed E-state index contributed by atoms with van der Waals surface area (Å²) in [5, 5.41) is 7.71. The maximum absolute atomic E-state index is 4.56. The Hall–Kier alpha value is -5.34. The molecule has 8 rings (SSSR count). The normalized spacial score (nSPS) is 16.5. The summed E-state index contributed by atoms with van der Waals surface area (Å²) in [5.74, 6) is 0.764. The summed E-state index contributed by atoms with van der Waals surface area (Å²) in [7, 11) is 0. The molecule has 0 saturated heterocycles. The van der Waals surface area contributed by atoms with E-state index in [1.54, 1.807) is 0 Å². The van der Waals surface area contributed by atoms with Crippen molar-refractivity contribution in [3.63, 3.8) is 0 Å². The molecule has 0 bridgehead atoms. The van der Waals surface area contributed by atoms with Gasteiger partial charge in [0, 0.05) is 35.6 Å². The molecular formula is C42H32N2. The van der Waals surface area contributed by atoms with Crippen LogP contribution < -0.4 is 0 Å². The van der Waals surface area contributed by atoms with Crippen molar-refractivity contribution in [1.29, 1.82) is 0 Å². The molecule has 0 radical (unpaired) electrons. The third-order valence-electron chi connectivity index (χ3n) is 9.13. The van der Waals surface area contributed by atoms with Gasteiger partial charge in [-0.1, -0.05) is 110 Å². The van der Waals surface area contributed by atoms with Gasteiger partial charge in [-0.15, -0.1) is 0 Å². The van der Waals surface area contributed by atoms with Crippen molar-refractivity contribution in [1.82, 2.24) is 9.97 Å². The van der Waals surface area contributed by atoms with Crippen LogP contribution in [0.4, 0.5) is 0 Å². The molecule has 7 aromatic rings. The summed E-state index contributed by atoms with van der Waals surface area (Å²) >= 11 is 0. The van der Waals surface area contributed by atoms with Crippen LogP contribution in [0.1, 0.15) is 25.3 Å². The Morgan fingerprint density at radius 3 is 1.95 bits per heavy atom. The molecule has 2 heterocycles. The number of hydrogen-bond donors (Lipinski definition) is 0. The molecule has 210 valence electrons. The van der Waals surface area contributed by atoms with E-state index in [1.807, 2.05) is 36.8 Å². The number of hydrogen-bond acceptors (Lipinski definition) is 2. The summed E-state index contributed by atoms with van der Waals surface area (Å²) in [4.78, 5) is 9.08. The van der Waals surface area contributed by atoms with Crippen molar-refractivity contribution in [2.75, 3.05) is 0 Å². The molecule has 0 saturated carbocycles. The lowest BCUT2D eigenvalue weighted by Gasteiger charge is -2.27. The molecule has 2 atom stereocenters. The van der Waals surface area contributed by atoms with E-state index >= 15 is 0 Å². The molecule has 2 unspecified atom stereocenters. The van der Waals surface area contributed by atoms with E-state index in [0.717, 1.165) is 22.4 Å². The average Bonchev–Trinajstić information content (AvgIpc) is 3.07. The van der Waals surface area contributed by atoms with Gasteiger partial charge in [-0.05, 0) is 97.7 Å². The van der Waals surface area contributed by atoms with E-state index in [4.69, 9.17) is 0 Å². The molecule has 0 aliphatic heterocycles. The standard InChI is InChI=1S/C42H32N2/c1-27-14-19-35(28(2)21-27)42-38-11-5-3-9-36(38)41(37-10-4-6-12-39(37)42)31-18-16-29-15-17-30(22-32(29)23-31)33-24-34(26-43-25-33)40-13-7-8-20-44-40/h3-26,28,35H,1-2H3. The van der Waals surface area contributed by atoms with E-state index in [-0.39, 0.29) is 0 Å². The fraction of sp³-hybridized carbons (Fsp3) is 0.0952. The van der Waals surface area contributed by atoms with Crippen LogP contribution in [0.2, 0.25) is 0 Å². The Bertz CT molecular complexity index is 2200.